The monoisotopic (exact) mass is 476 g/mol. The first-order valence-corrected chi connectivity index (χ1v) is 13.4. The number of nitrogens with zero attached hydrogens (tertiary/aromatic N) is 5. The molecule has 8 heteroatoms. The van der Waals surface area contributed by atoms with Crippen LogP contribution in [-0.2, 0) is 0 Å². The highest BCUT2D eigenvalue weighted by Gasteiger charge is 2.41. The number of nitrogens with one attached hydrogen (secondary N) is 1. The molecule has 1 saturated heterocycles. The maximum Gasteiger partial charge on any atom is 0.253 e. The predicted octanol–water partition coefficient (Wildman–Crippen LogP) is 4.77. The van der Waals surface area contributed by atoms with Gasteiger partial charge in [0.1, 0.15) is 11.8 Å². The third kappa shape index (κ3) is 4.26. The zero-order valence-corrected chi connectivity index (χ0v) is 20.7. The average molecular weight is 477 g/mol. The van der Waals surface area contributed by atoms with E-state index in [-0.39, 0.29) is 11.6 Å². The van der Waals surface area contributed by atoms with E-state index in [2.05, 4.69) is 25.4 Å². The number of likely N-dealkylation sites (tertiary alicyclic amines) is 1. The molecule has 0 bridgehead atoms. The largest absolute Gasteiger partial charge is 0.497 e. The van der Waals surface area contributed by atoms with Crippen LogP contribution in [0.5, 0.6) is 5.75 Å². The number of H-pyrrole nitrogens is 1. The zero-order chi connectivity index (χ0) is 23.8. The number of hydrogen-bond acceptors (Lipinski definition) is 6. The lowest BCUT2D eigenvalue weighted by Crippen LogP contribution is -2.47. The zero-order valence-electron chi connectivity index (χ0n) is 20.7. The van der Waals surface area contributed by atoms with Crippen LogP contribution in [0.1, 0.15) is 94.1 Å². The number of aromatic amines is 1. The van der Waals surface area contributed by atoms with Gasteiger partial charge in [-0.15, -0.1) is 5.10 Å². The molecule has 0 unspecified atom stereocenters. The summed E-state index contributed by atoms with van der Waals surface area (Å²) in [4.78, 5) is 19.3. The van der Waals surface area contributed by atoms with Gasteiger partial charge in [0.2, 0.25) is 0 Å². The van der Waals surface area contributed by atoms with E-state index in [9.17, 15) is 4.79 Å². The SMILES string of the molecule is COc1ccc2cc([C@@H](c3nnnn3C3CCCC3)N3CCCC4(CCCCC4)C3)c(=O)[nH]c2c1. The van der Waals surface area contributed by atoms with Crippen LogP contribution in [0, 0.1) is 5.41 Å². The van der Waals surface area contributed by atoms with Gasteiger partial charge in [-0.2, -0.15) is 0 Å². The molecule has 2 aromatic heterocycles. The van der Waals surface area contributed by atoms with Crippen LogP contribution in [0.3, 0.4) is 0 Å². The molecule has 6 rings (SSSR count). The molecule has 3 aromatic rings. The average Bonchev–Trinajstić information content (AvgIpc) is 3.57. The van der Waals surface area contributed by atoms with Crippen LogP contribution in [0.25, 0.3) is 10.9 Å². The van der Waals surface area contributed by atoms with Gasteiger partial charge in [0.05, 0.1) is 18.7 Å². The number of piperidine rings is 1. The van der Waals surface area contributed by atoms with Gasteiger partial charge >= 0.3 is 0 Å². The maximum absolute atomic E-state index is 13.6. The minimum absolute atomic E-state index is 0.0695. The molecule has 2 saturated carbocycles. The summed E-state index contributed by atoms with van der Waals surface area (Å²) in [5, 5.41) is 14.2. The molecule has 186 valence electrons. The summed E-state index contributed by atoms with van der Waals surface area (Å²) < 4.78 is 7.41. The predicted molar refractivity (Wildman–Crippen MR) is 135 cm³/mol. The summed E-state index contributed by atoms with van der Waals surface area (Å²) in [6.45, 7) is 1.97. The number of aromatic nitrogens is 5. The van der Waals surface area contributed by atoms with Gasteiger partial charge in [-0.25, -0.2) is 4.68 Å². The van der Waals surface area contributed by atoms with Crippen molar-refractivity contribution in [2.45, 2.75) is 82.7 Å². The molecule has 0 amide bonds. The fourth-order valence-corrected chi connectivity index (χ4v) is 6.99. The Morgan fingerprint density at radius 1 is 1.06 bits per heavy atom. The lowest BCUT2D eigenvalue weighted by molar-refractivity contribution is 0.0335. The first-order chi connectivity index (χ1) is 17.2. The van der Waals surface area contributed by atoms with Gasteiger partial charge in [-0.3, -0.25) is 9.69 Å². The van der Waals surface area contributed by atoms with E-state index in [1.165, 1.54) is 51.4 Å². The third-order valence-corrected chi connectivity index (χ3v) is 8.78. The summed E-state index contributed by atoms with van der Waals surface area (Å²) in [5.41, 5.74) is 1.82. The fraction of sp³-hybridized carbons (Fsp3) is 0.630. The number of rotatable bonds is 5. The molecule has 0 radical (unpaired) electrons. The summed E-state index contributed by atoms with van der Waals surface area (Å²) in [7, 11) is 1.64. The van der Waals surface area contributed by atoms with E-state index >= 15 is 0 Å². The van der Waals surface area contributed by atoms with Crippen molar-refractivity contribution in [1.82, 2.24) is 30.1 Å². The Morgan fingerprint density at radius 3 is 2.66 bits per heavy atom. The smallest absolute Gasteiger partial charge is 0.253 e. The number of fused-ring (bicyclic) bond motifs is 1. The number of tetrazole rings is 1. The molecular formula is C27H36N6O2. The lowest BCUT2D eigenvalue weighted by atomic mass is 9.69. The van der Waals surface area contributed by atoms with Gasteiger partial charge in [-0.1, -0.05) is 32.1 Å². The highest BCUT2D eigenvalue weighted by Crippen LogP contribution is 2.46. The van der Waals surface area contributed by atoms with Crippen molar-refractivity contribution in [3.63, 3.8) is 0 Å². The highest BCUT2D eigenvalue weighted by atomic mass is 16.5. The topological polar surface area (TPSA) is 88.9 Å². The van der Waals surface area contributed by atoms with Crippen molar-refractivity contribution in [2.75, 3.05) is 20.2 Å². The van der Waals surface area contributed by atoms with Gasteiger partial charge in [-0.05, 0) is 84.5 Å². The Kier molecular flexibility index (Phi) is 6.08. The summed E-state index contributed by atoms with van der Waals surface area (Å²) in [6, 6.07) is 7.97. The number of ether oxygens (including phenoxy) is 1. The van der Waals surface area contributed by atoms with Crippen molar-refractivity contribution in [2.24, 2.45) is 5.41 Å². The van der Waals surface area contributed by atoms with Crippen molar-refractivity contribution >= 4 is 10.9 Å². The standard InChI is InChI=1S/C27H36N6O2/c1-35-21-11-10-19-16-22(26(34)28-23(19)17-21)24(25-29-30-31-33(25)20-8-3-4-9-20)32-15-7-14-27(18-32)12-5-2-6-13-27/h10-11,16-17,20,24H,2-9,12-15,18H2,1H3,(H,28,34)/t24-/m0/s1. The second-order valence-corrected chi connectivity index (χ2v) is 11.0. The number of pyridine rings is 1. The first-order valence-electron chi connectivity index (χ1n) is 13.4. The highest BCUT2D eigenvalue weighted by molar-refractivity contribution is 5.80. The van der Waals surface area contributed by atoms with E-state index < -0.39 is 0 Å². The molecule has 1 atom stereocenters. The van der Waals surface area contributed by atoms with Crippen molar-refractivity contribution in [1.29, 1.82) is 0 Å². The minimum atomic E-state index is -0.250. The third-order valence-electron chi connectivity index (χ3n) is 8.78. The van der Waals surface area contributed by atoms with Crippen LogP contribution in [0.4, 0.5) is 0 Å². The summed E-state index contributed by atoms with van der Waals surface area (Å²) in [5.74, 6) is 1.56. The van der Waals surface area contributed by atoms with Crippen molar-refractivity contribution in [3.8, 4) is 5.75 Å². The van der Waals surface area contributed by atoms with E-state index in [4.69, 9.17) is 4.74 Å². The number of benzene rings is 1. The van der Waals surface area contributed by atoms with Crippen molar-refractivity contribution < 1.29 is 4.74 Å². The molecule has 3 heterocycles. The molecule has 3 aliphatic rings. The minimum Gasteiger partial charge on any atom is -0.497 e. The van der Waals surface area contributed by atoms with Crippen LogP contribution < -0.4 is 10.3 Å². The lowest BCUT2D eigenvalue weighted by Gasteiger charge is -2.47. The van der Waals surface area contributed by atoms with Gasteiger partial charge < -0.3 is 9.72 Å². The molecule has 2 aliphatic carbocycles. The molecule has 35 heavy (non-hydrogen) atoms. The molecule has 1 aromatic carbocycles. The Hall–Kier alpha value is -2.74. The Morgan fingerprint density at radius 2 is 1.86 bits per heavy atom. The Balaban J connectivity index is 1.46. The normalized spacial score (nSPS) is 22.1. The molecule has 8 nitrogen and oxygen atoms in total. The Bertz CT molecular complexity index is 1230. The molecule has 1 aliphatic heterocycles. The van der Waals surface area contributed by atoms with E-state index in [1.807, 2.05) is 28.9 Å². The Labute approximate surface area is 206 Å². The van der Waals surface area contributed by atoms with Crippen LogP contribution in [-0.4, -0.2) is 50.3 Å². The van der Waals surface area contributed by atoms with Crippen LogP contribution >= 0.6 is 0 Å². The summed E-state index contributed by atoms with van der Waals surface area (Å²) in [6.07, 6.45) is 13.6. The van der Waals surface area contributed by atoms with Crippen LogP contribution in [0.2, 0.25) is 0 Å². The molecule has 3 fully saturated rings. The second-order valence-electron chi connectivity index (χ2n) is 11.0. The number of methoxy groups -OCH3 is 1. The van der Waals surface area contributed by atoms with E-state index in [1.54, 1.807) is 7.11 Å². The van der Waals surface area contributed by atoms with Gasteiger partial charge in [0, 0.05) is 18.2 Å². The number of hydrogen-bond donors (Lipinski definition) is 1. The van der Waals surface area contributed by atoms with E-state index in [0.29, 0.717) is 11.5 Å². The molecule has 1 N–H and O–H groups in total. The quantitative estimate of drug-likeness (QED) is 0.570. The first kappa shape index (κ1) is 22.7. The van der Waals surface area contributed by atoms with Crippen molar-refractivity contribution in [3.05, 3.63) is 46.0 Å². The van der Waals surface area contributed by atoms with E-state index in [0.717, 1.165) is 60.4 Å². The van der Waals surface area contributed by atoms with Gasteiger partial charge in [0.25, 0.3) is 5.56 Å². The fourth-order valence-electron chi connectivity index (χ4n) is 6.99. The summed E-state index contributed by atoms with van der Waals surface area (Å²) >= 11 is 0. The van der Waals surface area contributed by atoms with Gasteiger partial charge in [0.15, 0.2) is 5.82 Å². The van der Waals surface area contributed by atoms with Crippen LogP contribution in [0.15, 0.2) is 29.1 Å². The molecular weight excluding hydrogens is 440 g/mol. The second kappa shape index (κ2) is 9.37. The molecule has 1 spiro atoms. The maximum atomic E-state index is 13.6.